The average molecular weight is 195 g/mol. The van der Waals surface area contributed by atoms with E-state index in [0.29, 0.717) is 0 Å². The van der Waals surface area contributed by atoms with Gasteiger partial charge in [0, 0.05) is 31.1 Å². The summed E-state index contributed by atoms with van der Waals surface area (Å²) in [6.07, 6.45) is 1.00. The molecule has 3 nitrogen and oxygen atoms in total. The third-order valence-electron chi connectivity index (χ3n) is 2.33. The zero-order valence-corrected chi connectivity index (χ0v) is 9.89. The van der Waals surface area contributed by atoms with Crippen LogP contribution in [0.4, 0.5) is 0 Å². The van der Waals surface area contributed by atoms with Crippen LogP contribution in [0.1, 0.15) is 32.2 Å². The Balaban J connectivity index is 2.83. The summed E-state index contributed by atoms with van der Waals surface area (Å²) in [5, 5.41) is 7.63. The number of hydrogen-bond donors (Lipinski definition) is 1. The van der Waals surface area contributed by atoms with Crippen molar-refractivity contribution in [2.45, 2.75) is 32.6 Å². The lowest BCUT2D eigenvalue weighted by Crippen LogP contribution is -2.16. The summed E-state index contributed by atoms with van der Waals surface area (Å²) in [6, 6.07) is 2.21. The molecule has 0 bridgehead atoms. The number of likely N-dealkylation sites (N-methyl/N-ethyl adjacent to an activating group) is 1. The van der Waals surface area contributed by atoms with Crippen molar-refractivity contribution in [1.29, 1.82) is 0 Å². The van der Waals surface area contributed by atoms with Gasteiger partial charge in [-0.15, -0.1) is 0 Å². The third-order valence-corrected chi connectivity index (χ3v) is 2.33. The Kier molecular flexibility index (Phi) is 3.32. The van der Waals surface area contributed by atoms with E-state index < -0.39 is 0 Å². The number of hydrogen-bond acceptors (Lipinski definition) is 2. The molecule has 0 aliphatic rings. The second-order valence-electron chi connectivity index (χ2n) is 4.75. The number of rotatable bonds is 3. The molecule has 1 N–H and O–H groups in total. The van der Waals surface area contributed by atoms with Gasteiger partial charge in [0.15, 0.2) is 0 Å². The molecule has 1 heterocycles. The van der Waals surface area contributed by atoms with Gasteiger partial charge in [-0.25, -0.2) is 0 Å². The first kappa shape index (κ1) is 11.2. The highest BCUT2D eigenvalue weighted by Gasteiger charge is 2.18. The normalized spacial score (nSPS) is 12.1. The summed E-state index contributed by atoms with van der Waals surface area (Å²) in [4.78, 5) is 0. The van der Waals surface area contributed by atoms with Crippen molar-refractivity contribution < 1.29 is 0 Å². The smallest absolute Gasteiger partial charge is 0.0640 e. The lowest BCUT2D eigenvalue weighted by molar-refractivity contribution is 0.522. The van der Waals surface area contributed by atoms with Gasteiger partial charge < -0.3 is 5.32 Å². The van der Waals surface area contributed by atoms with Crippen LogP contribution in [0.25, 0.3) is 0 Å². The van der Waals surface area contributed by atoms with E-state index in [1.54, 1.807) is 0 Å². The molecule has 0 fully saturated rings. The standard InChI is InChI=1S/C11H21N3/c1-11(2,3)10-8-9(6-7-12-4)13-14(10)5/h8,12H,6-7H2,1-5H3. The molecule has 0 aliphatic carbocycles. The van der Waals surface area contributed by atoms with Gasteiger partial charge >= 0.3 is 0 Å². The fourth-order valence-corrected chi connectivity index (χ4v) is 1.60. The molecular weight excluding hydrogens is 174 g/mol. The van der Waals surface area contributed by atoms with E-state index >= 15 is 0 Å². The molecule has 0 amide bonds. The van der Waals surface area contributed by atoms with Crippen molar-refractivity contribution in [3.63, 3.8) is 0 Å². The van der Waals surface area contributed by atoms with E-state index in [1.807, 2.05) is 18.8 Å². The molecule has 80 valence electrons. The summed E-state index contributed by atoms with van der Waals surface area (Å²) in [6.45, 7) is 7.63. The van der Waals surface area contributed by atoms with Gasteiger partial charge in [-0.3, -0.25) is 4.68 Å². The van der Waals surface area contributed by atoms with Crippen LogP contribution in [-0.4, -0.2) is 23.4 Å². The fourth-order valence-electron chi connectivity index (χ4n) is 1.60. The highest BCUT2D eigenvalue weighted by molar-refractivity contribution is 5.18. The van der Waals surface area contributed by atoms with E-state index in [0.717, 1.165) is 13.0 Å². The van der Waals surface area contributed by atoms with Gasteiger partial charge in [0.25, 0.3) is 0 Å². The lowest BCUT2D eigenvalue weighted by Gasteiger charge is -2.17. The van der Waals surface area contributed by atoms with E-state index in [2.05, 4.69) is 37.3 Å². The van der Waals surface area contributed by atoms with Crippen molar-refractivity contribution >= 4 is 0 Å². The SMILES string of the molecule is CNCCc1cc(C(C)(C)C)n(C)n1. The molecule has 0 aromatic carbocycles. The van der Waals surface area contributed by atoms with Gasteiger partial charge in [0.1, 0.15) is 0 Å². The summed E-state index contributed by atoms with van der Waals surface area (Å²) in [7, 11) is 3.98. The van der Waals surface area contributed by atoms with Crippen molar-refractivity contribution in [3.05, 3.63) is 17.5 Å². The Bertz CT molecular complexity index is 294. The highest BCUT2D eigenvalue weighted by atomic mass is 15.3. The maximum absolute atomic E-state index is 4.49. The van der Waals surface area contributed by atoms with Gasteiger partial charge in [0.2, 0.25) is 0 Å². The first-order valence-corrected chi connectivity index (χ1v) is 5.13. The minimum atomic E-state index is 0.180. The van der Waals surface area contributed by atoms with Crippen LogP contribution in [0.3, 0.4) is 0 Å². The highest BCUT2D eigenvalue weighted by Crippen LogP contribution is 2.22. The minimum Gasteiger partial charge on any atom is -0.319 e. The van der Waals surface area contributed by atoms with E-state index in [-0.39, 0.29) is 5.41 Å². The predicted molar refractivity (Wildman–Crippen MR) is 59.5 cm³/mol. The maximum atomic E-state index is 4.49. The number of aromatic nitrogens is 2. The van der Waals surface area contributed by atoms with E-state index in [9.17, 15) is 0 Å². The Labute approximate surface area is 86.5 Å². The molecule has 0 unspecified atom stereocenters. The first-order valence-electron chi connectivity index (χ1n) is 5.13. The maximum Gasteiger partial charge on any atom is 0.0640 e. The summed E-state index contributed by atoms with van der Waals surface area (Å²) in [5.74, 6) is 0. The van der Waals surface area contributed by atoms with Crippen LogP contribution in [0, 0.1) is 0 Å². The van der Waals surface area contributed by atoms with Crippen molar-refractivity contribution in [1.82, 2.24) is 15.1 Å². The van der Waals surface area contributed by atoms with Gasteiger partial charge in [-0.1, -0.05) is 20.8 Å². The number of aryl methyl sites for hydroxylation is 1. The second kappa shape index (κ2) is 4.13. The van der Waals surface area contributed by atoms with Crippen LogP contribution >= 0.6 is 0 Å². The van der Waals surface area contributed by atoms with Crippen molar-refractivity contribution in [3.8, 4) is 0 Å². The van der Waals surface area contributed by atoms with Crippen LogP contribution in [0.15, 0.2) is 6.07 Å². The van der Waals surface area contributed by atoms with Crippen molar-refractivity contribution in [2.75, 3.05) is 13.6 Å². The molecule has 0 spiro atoms. The molecule has 0 radical (unpaired) electrons. The minimum absolute atomic E-state index is 0.180. The lowest BCUT2D eigenvalue weighted by atomic mass is 9.92. The Morgan fingerprint density at radius 3 is 2.50 bits per heavy atom. The summed E-state index contributed by atoms with van der Waals surface area (Å²) < 4.78 is 1.99. The molecule has 1 aromatic rings. The van der Waals surface area contributed by atoms with E-state index in [1.165, 1.54) is 11.4 Å². The fraction of sp³-hybridized carbons (Fsp3) is 0.727. The monoisotopic (exact) mass is 195 g/mol. The quantitative estimate of drug-likeness (QED) is 0.791. The Morgan fingerprint density at radius 1 is 1.43 bits per heavy atom. The Hall–Kier alpha value is -0.830. The molecule has 14 heavy (non-hydrogen) atoms. The van der Waals surface area contributed by atoms with Crippen molar-refractivity contribution in [2.24, 2.45) is 7.05 Å². The molecule has 0 saturated heterocycles. The summed E-state index contributed by atoms with van der Waals surface area (Å²) in [5.41, 5.74) is 2.65. The third kappa shape index (κ3) is 2.58. The largest absolute Gasteiger partial charge is 0.319 e. The topological polar surface area (TPSA) is 29.9 Å². The molecule has 0 aliphatic heterocycles. The zero-order chi connectivity index (χ0) is 10.8. The van der Waals surface area contributed by atoms with Crippen LogP contribution in [-0.2, 0) is 18.9 Å². The molecule has 1 aromatic heterocycles. The molecule has 3 heteroatoms. The summed E-state index contributed by atoms with van der Waals surface area (Å²) >= 11 is 0. The molecule has 1 rings (SSSR count). The Morgan fingerprint density at radius 2 is 2.07 bits per heavy atom. The number of nitrogens with zero attached hydrogens (tertiary/aromatic N) is 2. The molecular formula is C11H21N3. The predicted octanol–water partition coefficient (Wildman–Crippen LogP) is 1.48. The van der Waals surface area contributed by atoms with Crippen LogP contribution in [0.5, 0.6) is 0 Å². The van der Waals surface area contributed by atoms with Gasteiger partial charge in [-0.2, -0.15) is 5.10 Å². The average Bonchev–Trinajstić information content (AvgIpc) is 2.42. The molecule has 0 atom stereocenters. The second-order valence-corrected chi connectivity index (χ2v) is 4.75. The van der Waals surface area contributed by atoms with E-state index in [4.69, 9.17) is 0 Å². The zero-order valence-electron chi connectivity index (χ0n) is 9.89. The number of nitrogens with one attached hydrogen (secondary N) is 1. The van der Waals surface area contributed by atoms with Gasteiger partial charge in [0.05, 0.1) is 5.69 Å². The molecule has 0 saturated carbocycles. The van der Waals surface area contributed by atoms with Crippen LogP contribution < -0.4 is 5.32 Å². The van der Waals surface area contributed by atoms with Gasteiger partial charge in [-0.05, 0) is 13.1 Å². The van der Waals surface area contributed by atoms with Crippen LogP contribution in [0.2, 0.25) is 0 Å². The first-order chi connectivity index (χ1) is 6.45.